The molecule has 1 aromatic carbocycles. The number of Topliss-reactive ketones (excluding diaryl/α,β-unsaturated/α-hetero) is 1. The average Bonchev–Trinajstić information content (AvgIpc) is 2.92. The summed E-state index contributed by atoms with van der Waals surface area (Å²) in [7, 11) is 0. The first-order valence-corrected chi connectivity index (χ1v) is 6.49. The molecular formula is C16H13N3O2. The van der Waals surface area contributed by atoms with Crippen LogP contribution < -0.4 is 5.32 Å². The Balaban J connectivity index is 1.80. The lowest BCUT2D eigenvalue weighted by Gasteiger charge is -2.03. The van der Waals surface area contributed by atoms with E-state index in [1.807, 2.05) is 24.4 Å². The summed E-state index contributed by atoms with van der Waals surface area (Å²) < 4.78 is 1.79. The largest absolute Gasteiger partial charge is 0.321 e. The molecule has 5 nitrogen and oxygen atoms in total. The molecule has 0 aliphatic carbocycles. The normalized spacial score (nSPS) is 10.5. The van der Waals surface area contributed by atoms with Gasteiger partial charge in [0.1, 0.15) is 11.3 Å². The van der Waals surface area contributed by atoms with Gasteiger partial charge in [-0.2, -0.15) is 0 Å². The molecule has 1 amide bonds. The van der Waals surface area contributed by atoms with Gasteiger partial charge in [0.15, 0.2) is 5.78 Å². The summed E-state index contributed by atoms with van der Waals surface area (Å²) in [5.74, 6) is -0.289. The van der Waals surface area contributed by atoms with Crippen LogP contribution in [0.15, 0.2) is 54.9 Å². The Morgan fingerprint density at radius 2 is 1.86 bits per heavy atom. The summed E-state index contributed by atoms with van der Waals surface area (Å²) in [4.78, 5) is 27.6. The van der Waals surface area contributed by atoms with Crippen LogP contribution in [0.1, 0.15) is 27.8 Å². The number of carbonyl (C=O) groups is 2. The number of aromatic nitrogens is 2. The number of nitrogens with zero attached hydrogens (tertiary/aromatic N) is 2. The highest BCUT2D eigenvalue weighted by atomic mass is 16.2. The summed E-state index contributed by atoms with van der Waals surface area (Å²) in [6, 6.07) is 12.3. The smallest absolute Gasteiger partial charge is 0.275 e. The Kier molecular flexibility index (Phi) is 3.23. The van der Waals surface area contributed by atoms with E-state index in [-0.39, 0.29) is 11.7 Å². The summed E-state index contributed by atoms with van der Waals surface area (Å²) in [5.41, 5.74) is 2.30. The molecule has 0 unspecified atom stereocenters. The van der Waals surface area contributed by atoms with Crippen LogP contribution in [-0.2, 0) is 0 Å². The summed E-state index contributed by atoms with van der Waals surface area (Å²) in [5, 5.41) is 2.76. The van der Waals surface area contributed by atoms with E-state index in [0.29, 0.717) is 16.9 Å². The molecule has 0 bridgehead atoms. The van der Waals surface area contributed by atoms with Crippen molar-refractivity contribution in [2.45, 2.75) is 6.92 Å². The highest BCUT2D eigenvalue weighted by molar-refractivity contribution is 6.03. The number of ketones is 1. The molecule has 5 heteroatoms. The monoisotopic (exact) mass is 279 g/mol. The van der Waals surface area contributed by atoms with Crippen LogP contribution in [0.3, 0.4) is 0 Å². The molecule has 2 aromatic heterocycles. The van der Waals surface area contributed by atoms with Crippen LogP contribution in [-0.4, -0.2) is 21.1 Å². The summed E-state index contributed by atoms with van der Waals surface area (Å²) in [6.07, 6.45) is 3.51. The Hall–Kier alpha value is -2.95. The first kappa shape index (κ1) is 13.1. The Morgan fingerprint density at radius 3 is 2.52 bits per heavy atom. The number of pyridine rings is 1. The van der Waals surface area contributed by atoms with Gasteiger partial charge in [-0.3, -0.25) is 9.59 Å². The molecule has 0 aliphatic heterocycles. The minimum absolute atomic E-state index is 0.00627. The van der Waals surface area contributed by atoms with E-state index < -0.39 is 0 Å². The molecule has 0 spiro atoms. The number of benzene rings is 1. The summed E-state index contributed by atoms with van der Waals surface area (Å²) in [6.45, 7) is 1.50. The van der Waals surface area contributed by atoms with Crippen molar-refractivity contribution in [3.8, 4) is 0 Å². The minimum Gasteiger partial charge on any atom is -0.321 e. The van der Waals surface area contributed by atoms with Gasteiger partial charge in [-0.15, -0.1) is 0 Å². The van der Waals surface area contributed by atoms with Crippen molar-refractivity contribution in [1.82, 2.24) is 9.38 Å². The van der Waals surface area contributed by atoms with Gasteiger partial charge in [0.25, 0.3) is 5.91 Å². The number of anilines is 1. The number of carbonyl (C=O) groups excluding carboxylic acids is 2. The predicted molar refractivity (Wildman–Crippen MR) is 79.6 cm³/mol. The molecule has 0 atom stereocenters. The quantitative estimate of drug-likeness (QED) is 0.750. The van der Waals surface area contributed by atoms with Crippen molar-refractivity contribution < 1.29 is 9.59 Å². The molecule has 0 saturated carbocycles. The lowest BCUT2D eigenvalue weighted by atomic mass is 10.1. The molecule has 2 heterocycles. The highest BCUT2D eigenvalue weighted by Crippen LogP contribution is 2.12. The molecule has 0 aliphatic rings. The van der Waals surface area contributed by atoms with Crippen LogP contribution in [0.2, 0.25) is 0 Å². The number of hydrogen-bond acceptors (Lipinski definition) is 3. The van der Waals surface area contributed by atoms with Gasteiger partial charge < -0.3 is 9.72 Å². The zero-order chi connectivity index (χ0) is 14.8. The first-order valence-electron chi connectivity index (χ1n) is 6.49. The third-order valence-corrected chi connectivity index (χ3v) is 3.15. The zero-order valence-electron chi connectivity index (χ0n) is 11.4. The fraction of sp³-hybridized carbons (Fsp3) is 0.0625. The maximum Gasteiger partial charge on any atom is 0.275 e. The molecule has 0 fully saturated rings. The molecule has 0 radical (unpaired) electrons. The predicted octanol–water partition coefficient (Wildman–Crippen LogP) is 2.79. The second-order valence-electron chi connectivity index (χ2n) is 4.68. The number of amides is 1. The van der Waals surface area contributed by atoms with Gasteiger partial charge in [0.05, 0.1) is 0 Å². The molecule has 0 saturated heterocycles. The van der Waals surface area contributed by atoms with Crippen LogP contribution in [0.4, 0.5) is 5.69 Å². The highest BCUT2D eigenvalue weighted by Gasteiger charge is 2.10. The van der Waals surface area contributed by atoms with Gasteiger partial charge in [0.2, 0.25) is 0 Å². The maximum atomic E-state index is 12.1. The topological polar surface area (TPSA) is 63.5 Å². The Labute approximate surface area is 121 Å². The van der Waals surface area contributed by atoms with E-state index in [0.717, 1.165) is 5.65 Å². The Bertz CT molecular complexity index is 786. The van der Waals surface area contributed by atoms with Gasteiger partial charge in [0, 0.05) is 23.6 Å². The van der Waals surface area contributed by atoms with Crippen LogP contribution in [0.25, 0.3) is 5.65 Å². The zero-order valence-corrected chi connectivity index (χ0v) is 11.4. The molecular weight excluding hydrogens is 266 g/mol. The third kappa shape index (κ3) is 2.67. The van der Waals surface area contributed by atoms with Gasteiger partial charge >= 0.3 is 0 Å². The fourth-order valence-electron chi connectivity index (χ4n) is 2.03. The van der Waals surface area contributed by atoms with Gasteiger partial charge in [-0.05, 0) is 43.3 Å². The number of hydrogen-bond donors (Lipinski definition) is 1. The van der Waals surface area contributed by atoms with Crippen molar-refractivity contribution >= 4 is 23.0 Å². The van der Waals surface area contributed by atoms with E-state index in [4.69, 9.17) is 0 Å². The second kappa shape index (κ2) is 5.20. The average molecular weight is 279 g/mol. The third-order valence-electron chi connectivity index (χ3n) is 3.15. The SMILES string of the molecule is CC(=O)c1ccc(NC(=O)c2cn3ccccc3n2)cc1. The molecule has 104 valence electrons. The molecule has 21 heavy (non-hydrogen) atoms. The molecule has 3 aromatic rings. The van der Waals surface area contributed by atoms with Crippen LogP contribution in [0.5, 0.6) is 0 Å². The van der Waals surface area contributed by atoms with E-state index >= 15 is 0 Å². The fourth-order valence-corrected chi connectivity index (χ4v) is 2.03. The lowest BCUT2D eigenvalue weighted by Crippen LogP contribution is -2.12. The van der Waals surface area contributed by atoms with Gasteiger partial charge in [-0.1, -0.05) is 6.07 Å². The second-order valence-corrected chi connectivity index (χ2v) is 4.68. The standard InChI is InChI=1S/C16H13N3O2/c1-11(20)12-5-7-13(8-6-12)17-16(21)14-10-19-9-3-2-4-15(19)18-14/h2-10H,1H3,(H,17,21). The lowest BCUT2D eigenvalue weighted by molar-refractivity contribution is 0.101. The van der Waals surface area contributed by atoms with Crippen molar-refractivity contribution in [2.24, 2.45) is 0 Å². The molecule has 3 rings (SSSR count). The van der Waals surface area contributed by atoms with Crippen LogP contribution >= 0.6 is 0 Å². The summed E-state index contributed by atoms with van der Waals surface area (Å²) >= 11 is 0. The van der Waals surface area contributed by atoms with E-state index in [9.17, 15) is 9.59 Å². The van der Waals surface area contributed by atoms with E-state index in [1.54, 1.807) is 34.9 Å². The number of nitrogens with one attached hydrogen (secondary N) is 1. The van der Waals surface area contributed by atoms with Gasteiger partial charge in [-0.25, -0.2) is 4.98 Å². The maximum absolute atomic E-state index is 12.1. The van der Waals surface area contributed by atoms with E-state index in [1.165, 1.54) is 6.92 Å². The van der Waals surface area contributed by atoms with Crippen molar-refractivity contribution in [3.05, 3.63) is 66.1 Å². The Morgan fingerprint density at radius 1 is 1.10 bits per heavy atom. The van der Waals surface area contributed by atoms with Crippen molar-refractivity contribution in [1.29, 1.82) is 0 Å². The van der Waals surface area contributed by atoms with Crippen molar-refractivity contribution in [2.75, 3.05) is 5.32 Å². The first-order chi connectivity index (χ1) is 10.1. The van der Waals surface area contributed by atoms with Crippen molar-refractivity contribution in [3.63, 3.8) is 0 Å². The minimum atomic E-state index is -0.283. The number of rotatable bonds is 3. The number of fused-ring (bicyclic) bond motifs is 1. The van der Waals surface area contributed by atoms with Crippen LogP contribution in [0, 0.1) is 0 Å². The number of imidazole rings is 1. The molecule has 1 N–H and O–H groups in total. The van der Waals surface area contributed by atoms with E-state index in [2.05, 4.69) is 10.3 Å².